The predicted octanol–water partition coefficient (Wildman–Crippen LogP) is 3.00. The smallest absolute Gasteiger partial charge is 0.252 e. The molecule has 0 saturated carbocycles. The summed E-state index contributed by atoms with van der Waals surface area (Å²) < 4.78 is 1.92. The average Bonchev–Trinajstić information content (AvgIpc) is 3.17. The maximum Gasteiger partial charge on any atom is 0.252 e. The van der Waals surface area contributed by atoms with Crippen molar-refractivity contribution in [2.45, 2.75) is 6.04 Å². The van der Waals surface area contributed by atoms with Crippen molar-refractivity contribution in [1.29, 1.82) is 0 Å². The highest BCUT2D eigenvalue weighted by Gasteiger charge is 2.21. The first kappa shape index (κ1) is 13.6. The number of nitrogens with zero attached hydrogens (tertiary/aromatic N) is 2. The lowest BCUT2D eigenvalue weighted by Crippen LogP contribution is -2.30. The lowest BCUT2D eigenvalue weighted by molar-refractivity contribution is 0.0941. The van der Waals surface area contributed by atoms with Crippen molar-refractivity contribution in [3.8, 4) is 0 Å². The molecule has 2 heterocycles. The molecule has 4 nitrogen and oxygen atoms in total. The second kappa shape index (κ2) is 5.93. The van der Waals surface area contributed by atoms with Gasteiger partial charge in [-0.05, 0) is 17.0 Å². The van der Waals surface area contributed by atoms with Crippen LogP contribution in [0.2, 0.25) is 0 Å². The summed E-state index contributed by atoms with van der Waals surface area (Å²) in [7, 11) is 1.93. The molecule has 0 aliphatic heterocycles. The van der Waals surface area contributed by atoms with Crippen LogP contribution in [0.1, 0.15) is 27.8 Å². The molecule has 2 aromatic heterocycles. The first-order valence-corrected chi connectivity index (χ1v) is 7.55. The van der Waals surface area contributed by atoms with Gasteiger partial charge in [0.15, 0.2) is 0 Å². The minimum Gasteiger partial charge on any atom is -0.338 e. The number of amides is 1. The van der Waals surface area contributed by atoms with Gasteiger partial charge in [-0.15, -0.1) is 0 Å². The van der Waals surface area contributed by atoms with Crippen LogP contribution in [0.25, 0.3) is 0 Å². The van der Waals surface area contributed by atoms with E-state index in [2.05, 4.69) is 10.3 Å². The standard InChI is InChI=1S/C16H15N3OS/c1-19-9-8-17-15(19)14(12-5-3-2-4-6-12)18-16(20)13-7-10-21-11-13/h2-11,14H,1H3,(H,18,20)/t14-/m0/s1. The number of rotatable bonds is 4. The van der Waals surface area contributed by atoms with Crippen LogP contribution in [-0.2, 0) is 7.05 Å². The molecule has 21 heavy (non-hydrogen) atoms. The zero-order valence-electron chi connectivity index (χ0n) is 11.6. The lowest BCUT2D eigenvalue weighted by Gasteiger charge is -2.18. The Labute approximate surface area is 127 Å². The molecule has 3 rings (SSSR count). The monoisotopic (exact) mass is 297 g/mol. The Morgan fingerprint density at radius 3 is 2.71 bits per heavy atom. The summed E-state index contributed by atoms with van der Waals surface area (Å²) in [5, 5.41) is 6.80. The number of hydrogen-bond acceptors (Lipinski definition) is 3. The van der Waals surface area contributed by atoms with E-state index in [0.29, 0.717) is 5.56 Å². The second-order valence-electron chi connectivity index (χ2n) is 4.73. The van der Waals surface area contributed by atoms with Crippen molar-refractivity contribution >= 4 is 17.2 Å². The first-order valence-electron chi connectivity index (χ1n) is 6.61. The van der Waals surface area contributed by atoms with Gasteiger partial charge in [0.1, 0.15) is 11.9 Å². The van der Waals surface area contributed by atoms with Gasteiger partial charge < -0.3 is 9.88 Å². The molecule has 3 aromatic rings. The number of carbonyl (C=O) groups is 1. The Bertz CT molecular complexity index is 719. The number of aryl methyl sites for hydroxylation is 1. The van der Waals surface area contributed by atoms with Crippen LogP contribution in [0, 0.1) is 0 Å². The van der Waals surface area contributed by atoms with E-state index in [1.165, 1.54) is 11.3 Å². The van der Waals surface area contributed by atoms with Crippen molar-refractivity contribution in [1.82, 2.24) is 14.9 Å². The van der Waals surface area contributed by atoms with E-state index >= 15 is 0 Å². The third kappa shape index (κ3) is 2.87. The molecular formula is C16H15N3OS. The summed E-state index contributed by atoms with van der Waals surface area (Å²) in [5.74, 6) is 0.720. The molecule has 5 heteroatoms. The van der Waals surface area contributed by atoms with Crippen LogP contribution in [0.5, 0.6) is 0 Å². The van der Waals surface area contributed by atoms with Gasteiger partial charge >= 0.3 is 0 Å². The zero-order chi connectivity index (χ0) is 14.7. The molecular weight excluding hydrogens is 282 g/mol. The minimum absolute atomic E-state index is 0.0897. The van der Waals surface area contributed by atoms with Crippen LogP contribution < -0.4 is 5.32 Å². The number of imidazole rings is 1. The third-order valence-electron chi connectivity index (χ3n) is 3.31. The van der Waals surface area contributed by atoms with E-state index in [1.807, 2.05) is 65.0 Å². The fraction of sp³-hybridized carbons (Fsp3) is 0.125. The molecule has 0 radical (unpaired) electrons. The largest absolute Gasteiger partial charge is 0.338 e. The van der Waals surface area contributed by atoms with Crippen molar-refractivity contribution < 1.29 is 4.79 Å². The van der Waals surface area contributed by atoms with Gasteiger partial charge in [-0.2, -0.15) is 11.3 Å². The molecule has 106 valence electrons. The number of thiophene rings is 1. The first-order chi connectivity index (χ1) is 10.3. The average molecular weight is 297 g/mol. The van der Waals surface area contributed by atoms with Gasteiger partial charge in [-0.1, -0.05) is 30.3 Å². The molecule has 0 bridgehead atoms. The maximum atomic E-state index is 12.4. The Kier molecular flexibility index (Phi) is 3.83. The van der Waals surface area contributed by atoms with Crippen molar-refractivity contribution in [2.24, 2.45) is 7.05 Å². The Morgan fingerprint density at radius 2 is 2.10 bits per heavy atom. The van der Waals surface area contributed by atoms with Gasteiger partial charge in [0.05, 0.1) is 5.56 Å². The molecule has 1 aromatic carbocycles. The van der Waals surface area contributed by atoms with E-state index in [1.54, 1.807) is 6.20 Å². The van der Waals surface area contributed by atoms with E-state index in [-0.39, 0.29) is 11.9 Å². The summed E-state index contributed by atoms with van der Waals surface area (Å²) in [4.78, 5) is 16.7. The van der Waals surface area contributed by atoms with E-state index < -0.39 is 0 Å². The number of carbonyl (C=O) groups excluding carboxylic acids is 1. The molecule has 1 amide bonds. The molecule has 0 unspecified atom stereocenters. The summed E-state index contributed by atoms with van der Waals surface area (Å²) in [6.07, 6.45) is 3.62. The number of benzene rings is 1. The number of hydrogen-bond donors (Lipinski definition) is 1. The topological polar surface area (TPSA) is 46.9 Å². The third-order valence-corrected chi connectivity index (χ3v) is 3.99. The highest BCUT2D eigenvalue weighted by molar-refractivity contribution is 7.08. The van der Waals surface area contributed by atoms with Gasteiger partial charge in [-0.25, -0.2) is 4.98 Å². The van der Waals surface area contributed by atoms with E-state index in [9.17, 15) is 4.79 Å². The highest BCUT2D eigenvalue weighted by atomic mass is 32.1. The molecule has 0 saturated heterocycles. The Balaban J connectivity index is 1.94. The Hall–Kier alpha value is -2.40. The van der Waals surface area contributed by atoms with Crippen LogP contribution in [0.15, 0.2) is 59.6 Å². The van der Waals surface area contributed by atoms with Crippen LogP contribution in [-0.4, -0.2) is 15.5 Å². The van der Waals surface area contributed by atoms with E-state index in [0.717, 1.165) is 11.4 Å². The van der Waals surface area contributed by atoms with Crippen LogP contribution >= 0.6 is 11.3 Å². The van der Waals surface area contributed by atoms with Crippen molar-refractivity contribution in [3.63, 3.8) is 0 Å². The van der Waals surface area contributed by atoms with Gasteiger partial charge in [0, 0.05) is 24.8 Å². The summed E-state index contributed by atoms with van der Waals surface area (Å²) in [5.41, 5.74) is 1.69. The lowest BCUT2D eigenvalue weighted by atomic mass is 10.1. The fourth-order valence-corrected chi connectivity index (χ4v) is 2.84. The molecule has 1 atom stereocenters. The van der Waals surface area contributed by atoms with E-state index in [4.69, 9.17) is 0 Å². The SMILES string of the molecule is Cn1ccnc1[C@@H](NC(=O)c1ccsc1)c1ccccc1. The van der Waals surface area contributed by atoms with Crippen molar-refractivity contribution in [3.05, 3.63) is 76.5 Å². The summed E-state index contributed by atoms with van der Waals surface area (Å²) in [6, 6.07) is 11.4. The van der Waals surface area contributed by atoms with Gasteiger partial charge in [0.25, 0.3) is 5.91 Å². The fourth-order valence-electron chi connectivity index (χ4n) is 2.21. The Morgan fingerprint density at radius 1 is 1.29 bits per heavy atom. The minimum atomic E-state index is -0.265. The van der Waals surface area contributed by atoms with Crippen LogP contribution in [0.4, 0.5) is 0 Å². The molecule has 0 spiro atoms. The van der Waals surface area contributed by atoms with Crippen molar-refractivity contribution in [2.75, 3.05) is 0 Å². The molecule has 0 aliphatic rings. The maximum absolute atomic E-state index is 12.4. The second-order valence-corrected chi connectivity index (χ2v) is 5.51. The number of aromatic nitrogens is 2. The van der Waals surface area contributed by atoms with Gasteiger partial charge in [0.2, 0.25) is 0 Å². The molecule has 0 aliphatic carbocycles. The summed E-state index contributed by atoms with van der Waals surface area (Å²) >= 11 is 1.51. The zero-order valence-corrected chi connectivity index (χ0v) is 12.4. The summed E-state index contributed by atoms with van der Waals surface area (Å²) in [6.45, 7) is 0. The molecule has 1 N–H and O–H groups in total. The number of nitrogens with one attached hydrogen (secondary N) is 1. The van der Waals surface area contributed by atoms with Gasteiger partial charge in [-0.3, -0.25) is 4.79 Å². The molecule has 0 fully saturated rings. The van der Waals surface area contributed by atoms with Crippen LogP contribution in [0.3, 0.4) is 0 Å². The quantitative estimate of drug-likeness (QED) is 0.804. The predicted molar refractivity (Wildman–Crippen MR) is 83.3 cm³/mol. The highest BCUT2D eigenvalue weighted by Crippen LogP contribution is 2.21. The normalized spacial score (nSPS) is 12.0.